The summed E-state index contributed by atoms with van der Waals surface area (Å²) < 4.78 is 5.84. The molecule has 1 aliphatic carbocycles. The van der Waals surface area contributed by atoms with Gasteiger partial charge in [0, 0.05) is 6.54 Å². The molecule has 0 heterocycles. The van der Waals surface area contributed by atoms with Crippen molar-refractivity contribution in [1.82, 2.24) is 5.32 Å². The van der Waals surface area contributed by atoms with Gasteiger partial charge in [0.1, 0.15) is 0 Å². The van der Waals surface area contributed by atoms with E-state index in [1.54, 1.807) is 0 Å². The number of unbranched alkanes of at least 4 members (excludes halogenated alkanes) is 1. The average Bonchev–Trinajstić information content (AvgIpc) is 2.85. The van der Waals surface area contributed by atoms with E-state index in [9.17, 15) is 0 Å². The molecule has 1 N–H and O–H groups in total. The fourth-order valence-electron chi connectivity index (χ4n) is 2.60. The van der Waals surface area contributed by atoms with Crippen LogP contribution in [0.5, 0.6) is 0 Å². The Morgan fingerprint density at radius 2 is 2.00 bits per heavy atom. The minimum Gasteiger partial charge on any atom is -0.377 e. The zero-order valence-corrected chi connectivity index (χ0v) is 11.8. The van der Waals surface area contributed by atoms with Crippen LogP contribution < -0.4 is 5.32 Å². The number of ether oxygens (including phenoxy) is 1. The highest BCUT2D eigenvalue weighted by molar-refractivity contribution is 4.67. The standard InChI is InChI=1S/C15H31NO/c1-3-5-8-14(4-2)13-16-11-12-17-15-9-6-7-10-15/h14-16H,3-13H2,1-2H3. The lowest BCUT2D eigenvalue weighted by Crippen LogP contribution is -2.27. The quantitative estimate of drug-likeness (QED) is 0.588. The summed E-state index contributed by atoms with van der Waals surface area (Å²) in [5, 5.41) is 3.54. The van der Waals surface area contributed by atoms with Crippen LogP contribution in [0.15, 0.2) is 0 Å². The Bertz CT molecular complexity index is 166. The topological polar surface area (TPSA) is 21.3 Å². The number of rotatable bonds is 10. The van der Waals surface area contributed by atoms with Crippen LogP contribution in [-0.4, -0.2) is 25.8 Å². The SMILES string of the molecule is CCCCC(CC)CNCCOC1CCCC1. The smallest absolute Gasteiger partial charge is 0.0594 e. The van der Waals surface area contributed by atoms with Gasteiger partial charge in [-0.05, 0) is 31.7 Å². The van der Waals surface area contributed by atoms with Crippen LogP contribution in [0.3, 0.4) is 0 Å². The Hall–Kier alpha value is -0.0800. The van der Waals surface area contributed by atoms with Gasteiger partial charge in [-0.15, -0.1) is 0 Å². The summed E-state index contributed by atoms with van der Waals surface area (Å²) in [5.74, 6) is 0.862. The molecule has 0 spiro atoms. The van der Waals surface area contributed by atoms with Gasteiger partial charge in [-0.1, -0.05) is 46.0 Å². The van der Waals surface area contributed by atoms with Crippen molar-refractivity contribution in [3.63, 3.8) is 0 Å². The summed E-state index contributed by atoms with van der Waals surface area (Å²) in [6.07, 6.45) is 11.3. The molecular formula is C15H31NO. The second kappa shape index (κ2) is 9.90. The summed E-state index contributed by atoms with van der Waals surface area (Å²) in [6.45, 7) is 7.67. The van der Waals surface area contributed by atoms with Gasteiger partial charge in [0.25, 0.3) is 0 Å². The van der Waals surface area contributed by atoms with Gasteiger partial charge in [0.15, 0.2) is 0 Å². The van der Waals surface area contributed by atoms with Crippen molar-refractivity contribution in [1.29, 1.82) is 0 Å². The average molecular weight is 241 g/mol. The van der Waals surface area contributed by atoms with Crippen LogP contribution in [0, 0.1) is 5.92 Å². The Balaban J connectivity index is 1.90. The maximum Gasteiger partial charge on any atom is 0.0594 e. The second-order valence-corrected chi connectivity index (χ2v) is 5.40. The predicted molar refractivity (Wildman–Crippen MR) is 74.4 cm³/mol. The van der Waals surface area contributed by atoms with Crippen molar-refractivity contribution < 1.29 is 4.74 Å². The zero-order chi connectivity index (χ0) is 12.3. The first-order valence-electron chi connectivity index (χ1n) is 7.69. The number of hydrogen-bond donors (Lipinski definition) is 1. The van der Waals surface area contributed by atoms with Crippen LogP contribution in [0.2, 0.25) is 0 Å². The van der Waals surface area contributed by atoms with Crippen molar-refractivity contribution >= 4 is 0 Å². The summed E-state index contributed by atoms with van der Waals surface area (Å²) in [4.78, 5) is 0. The van der Waals surface area contributed by atoms with E-state index >= 15 is 0 Å². The molecule has 2 heteroatoms. The first-order valence-corrected chi connectivity index (χ1v) is 7.69. The van der Waals surface area contributed by atoms with E-state index in [-0.39, 0.29) is 0 Å². The molecular weight excluding hydrogens is 210 g/mol. The Morgan fingerprint density at radius 3 is 2.65 bits per heavy atom. The van der Waals surface area contributed by atoms with E-state index in [1.807, 2.05) is 0 Å². The van der Waals surface area contributed by atoms with Crippen molar-refractivity contribution in [3.05, 3.63) is 0 Å². The first kappa shape index (κ1) is 15.0. The third-order valence-electron chi connectivity index (χ3n) is 3.91. The molecule has 1 saturated carbocycles. The molecule has 0 amide bonds. The molecule has 0 aromatic heterocycles. The summed E-state index contributed by atoms with van der Waals surface area (Å²) >= 11 is 0. The number of nitrogens with one attached hydrogen (secondary N) is 1. The normalized spacial score (nSPS) is 18.7. The van der Waals surface area contributed by atoms with Crippen LogP contribution >= 0.6 is 0 Å². The Labute approximate surface area is 108 Å². The molecule has 0 aliphatic heterocycles. The van der Waals surface area contributed by atoms with Crippen molar-refractivity contribution in [2.75, 3.05) is 19.7 Å². The van der Waals surface area contributed by atoms with Gasteiger partial charge in [-0.2, -0.15) is 0 Å². The van der Waals surface area contributed by atoms with Crippen LogP contribution in [0.25, 0.3) is 0 Å². The molecule has 0 aromatic carbocycles. The highest BCUT2D eigenvalue weighted by Crippen LogP contribution is 2.20. The summed E-state index contributed by atoms with van der Waals surface area (Å²) in [6, 6.07) is 0. The van der Waals surface area contributed by atoms with Gasteiger partial charge in [0.2, 0.25) is 0 Å². The summed E-state index contributed by atoms with van der Waals surface area (Å²) in [7, 11) is 0. The van der Waals surface area contributed by atoms with E-state index in [0.717, 1.165) is 19.1 Å². The minimum atomic E-state index is 0.568. The van der Waals surface area contributed by atoms with Gasteiger partial charge < -0.3 is 10.1 Å². The third kappa shape index (κ3) is 7.05. The highest BCUT2D eigenvalue weighted by Gasteiger charge is 2.14. The van der Waals surface area contributed by atoms with E-state index in [0.29, 0.717) is 6.10 Å². The zero-order valence-electron chi connectivity index (χ0n) is 11.8. The molecule has 102 valence electrons. The largest absolute Gasteiger partial charge is 0.377 e. The molecule has 0 saturated heterocycles. The maximum atomic E-state index is 5.84. The number of hydrogen-bond acceptors (Lipinski definition) is 2. The van der Waals surface area contributed by atoms with E-state index in [1.165, 1.54) is 57.9 Å². The van der Waals surface area contributed by atoms with Crippen molar-refractivity contribution in [3.8, 4) is 0 Å². The predicted octanol–water partition coefficient (Wildman–Crippen LogP) is 3.75. The molecule has 17 heavy (non-hydrogen) atoms. The Morgan fingerprint density at radius 1 is 1.24 bits per heavy atom. The van der Waals surface area contributed by atoms with Gasteiger partial charge in [-0.3, -0.25) is 0 Å². The molecule has 0 aromatic rings. The molecule has 0 radical (unpaired) electrons. The fourth-order valence-corrected chi connectivity index (χ4v) is 2.60. The molecule has 2 nitrogen and oxygen atoms in total. The lowest BCUT2D eigenvalue weighted by atomic mass is 9.99. The monoisotopic (exact) mass is 241 g/mol. The lowest BCUT2D eigenvalue weighted by molar-refractivity contribution is 0.0599. The first-order chi connectivity index (χ1) is 8.36. The molecule has 1 atom stereocenters. The molecule has 1 aliphatic rings. The van der Waals surface area contributed by atoms with Gasteiger partial charge in [0.05, 0.1) is 12.7 Å². The minimum absolute atomic E-state index is 0.568. The van der Waals surface area contributed by atoms with E-state index in [4.69, 9.17) is 4.74 Å². The second-order valence-electron chi connectivity index (χ2n) is 5.40. The molecule has 1 unspecified atom stereocenters. The third-order valence-corrected chi connectivity index (χ3v) is 3.91. The van der Waals surface area contributed by atoms with E-state index < -0.39 is 0 Å². The van der Waals surface area contributed by atoms with Crippen LogP contribution in [-0.2, 0) is 4.74 Å². The van der Waals surface area contributed by atoms with Gasteiger partial charge >= 0.3 is 0 Å². The molecule has 1 rings (SSSR count). The molecule has 1 fully saturated rings. The van der Waals surface area contributed by atoms with Crippen molar-refractivity contribution in [2.45, 2.75) is 71.3 Å². The lowest BCUT2D eigenvalue weighted by Gasteiger charge is -2.16. The van der Waals surface area contributed by atoms with Crippen molar-refractivity contribution in [2.24, 2.45) is 5.92 Å². The van der Waals surface area contributed by atoms with Crippen LogP contribution in [0.1, 0.15) is 65.2 Å². The fraction of sp³-hybridized carbons (Fsp3) is 1.00. The molecule has 0 bridgehead atoms. The van der Waals surface area contributed by atoms with Gasteiger partial charge in [-0.25, -0.2) is 0 Å². The summed E-state index contributed by atoms with van der Waals surface area (Å²) in [5.41, 5.74) is 0. The Kier molecular flexibility index (Phi) is 8.72. The maximum absolute atomic E-state index is 5.84. The highest BCUT2D eigenvalue weighted by atomic mass is 16.5. The van der Waals surface area contributed by atoms with Crippen LogP contribution in [0.4, 0.5) is 0 Å². The van der Waals surface area contributed by atoms with E-state index in [2.05, 4.69) is 19.2 Å².